The largest absolute Gasteiger partial charge is 0.357 e. The van der Waals surface area contributed by atoms with E-state index in [1.54, 1.807) is 12.1 Å². The zero-order chi connectivity index (χ0) is 17.6. The first-order chi connectivity index (χ1) is 11.3. The first-order valence-corrected chi connectivity index (χ1v) is 9.97. The Morgan fingerprint density at radius 1 is 1.29 bits per heavy atom. The van der Waals surface area contributed by atoms with Gasteiger partial charge in [0.15, 0.2) is 5.96 Å². The minimum Gasteiger partial charge on any atom is -0.357 e. The maximum absolute atomic E-state index is 13.4. The van der Waals surface area contributed by atoms with E-state index in [2.05, 4.69) is 20.3 Å². The summed E-state index contributed by atoms with van der Waals surface area (Å²) in [5.74, 6) is 0.412. The molecule has 1 aliphatic carbocycles. The number of benzene rings is 1. The van der Waals surface area contributed by atoms with E-state index < -0.39 is 10.0 Å². The Morgan fingerprint density at radius 3 is 2.62 bits per heavy atom. The first kappa shape index (κ1) is 18.7. The predicted octanol–water partition coefficient (Wildman–Crippen LogP) is 0.962. The Bertz CT molecular complexity index is 687. The molecule has 0 unspecified atom stereocenters. The number of guanidine groups is 1. The van der Waals surface area contributed by atoms with E-state index in [9.17, 15) is 12.8 Å². The van der Waals surface area contributed by atoms with Crippen LogP contribution in [0.25, 0.3) is 0 Å². The Labute approximate surface area is 143 Å². The monoisotopic (exact) mass is 356 g/mol. The Hall–Kier alpha value is -1.67. The quantitative estimate of drug-likeness (QED) is 0.368. The second-order valence-electron chi connectivity index (χ2n) is 6.08. The lowest BCUT2D eigenvalue weighted by Crippen LogP contribution is -2.41. The highest BCUT2D eigenvalue weighted by Gasteiger charge is 2.44. The highest BCUT2D eigenvalue weighted by atomic mass is 32.2. The molecule has 0 aliphatic heterocycles. The average molecular weight is 356 g/mol. The van der Waals surface area contributed by atoms with Crippen molar-refractivity contribution in [1.82, 2.24) is 15.4 Å². The molecule has 2 rings (SSSR count). The molecule has 0 aromatic heterocycles. The molecular weight excluding hydrogens is 331 g/mol. The molecule has 0 radical (unpaired) electrons. The Kier molecular flexibility index (Phi) is 6.17. The third-order valence-corrected chi connectivity index (χ3v) is 4.68. The summed E-state index contributed by atoms with van der Waals surface area (Å²) < 4.78 is 37.9. The minimum atomic E-state index is -3.19. The van der Waals surface area contributed by atoms with Gasteiger partial charge in [0.1, 0.15) is 5.82 Å². The van der Waals surface area contributed by atoms with Gasteiger partial charge in [-0.25, -0.2) is 17.5 Å². The fraction of sp³-hybridized carbons (Fsp3) is 0.562. The molecule has 1 saturated carbocycles. The third kappa shape index (κ3) is 5.76. The van der Waals surface area contributed by atoms with E-state index in [1.165, 1.54) is 6.07 Å². The second kappa shape index (κ2) is 7.94. The van der Waals surface area contributed by atoms with Gasteiger partial charge in [-0.2, -0.15) is 0 Å². The van der Waals surface area contributed by atoms with Crippen LogP contribution < -0.4 is 15.4 Å². The predicted molar refractivity (Wildman–Crippen MR) is 94.1 cm³/mol. The molecule has 8 heteroatoms. The number of aliphatic imine (C=N–C) groups is 1. The van der Waals surface area contributed by atoms with Crippen molar-refractivity contribution in [1.29, 1.82) is 0 Å². The highest BCUT2D eigenvalue weighted by Crippen LogP contribution is 2.48. The molecule has 0 amide bonds. The van der Waals surface area contributed by atoms with Crippen molar-refractivity contribution in [2.75, 3.05) is 32.4 Å². The zero-order valence-electron chi connectivity index (χ0n) is 14.1. The van der Waals surface area contributed by atoms with Crippen LogP contribution in [0.3, 0.4) is 0 Å². The molecule has 1 aromatic rings. The van der Waals surface area contributed by atoms with Crippen molar-refractivity contribution in [3.8, 4) is 0 Å². The molecule has 0 atom stereocenters. The molecule has 134 valence electrons. The summed E-state index contributed by atoms with van der Waals surface area (Å²) in [6, 6.07) is 6.71. The van der Waals surface area contributed by atoms with Gasteiger partial charge in [-0.05, 0) is 37.5 Å². The summed E-state index contributed by atoms with van der Waals surface area (Å²) in [5.41, 5.74) is 0.913. The van der Waals surface area contributed by atoms with Gasteiger partial charge in [-0.15, -0.1) is 0 Å². The standard InChI is InChI=1S/C16H25FN4O2S/c1-3-18-15(19-9-10-21-24(2,22)23)20-12-16(7-8-16)13-5-4-6-14(17)11-13/h4-6,11,21H,3,7-10,12H2,1-2H3,(H2,18,19,20). The van der Waals surface area contributed by atoms with Crippen LogP contribution in [0.2, 0.25) is 0 Å². The summed E-state index contributed by atoms with van der Waals surface area (Å²) in [4.78, 5) is 4.58. The van der Waals surface area contributed by atoms with E-state index in [0.717, 1.165) is 24.7 Å². The van der Waals surface area contributed by atoms with Gasteiger partial charge >= 0.3 is 0 Å². The van der Waals surface area contributed by atoms with Crippen molar-refractivity contribution in [2.45, 2.75) is 25.2 Å². The summed E-state index contributed by atoms with van der Waals surface area (Å²) in [6.45, 7) is 3.97. The summed E-state index contributed by atoms with van der Waals surface area (Å²) in [5, 5.41) is 6.23. The number of nitrogens with one attached hydrogen (secondary N) is 3. The van der Waals surface area contributed by atoms with Crippen LogP contribution in [0, 0.1) is 5.82 Å². The van der Waals surface area contributed by atoms with E-state index in [1.807, 2.05) is 13.0 Å². The molecule has 0 spiro atoms. The number of nitrogens with zero attached hydrogens (tertiary/aromatic N) is 1. The zero-order valence-corrected chi connectivity index (χ0v) is 14.9. The van der Waals surface area contributed by atoms with E-state index in [0.29, 0.717) is 25.6 Å². The molecule has 1 fully saturated rings. The van der Waals surface area contributed by atoms with Gasteiger partial charge < -0.3 is 10.6 Å². The highest BCUT2D eigenvalue weighted by molar-refractivity contribution is 7.88. The SMILES string of the molecule is CCNC(=NCC1(c2cccc(F)c2)CC1)NCCNS(C)(=O)=O. The van der Waals surface area contributed by atoms with E-state index >= 15 is 0 Å². The number of rotatable bonds is 8. The van der Waals surface area contributed by atoms with Gasteiger partial charge in [-0.3, -0.25) is 4.99 Å². The lowest BCUT2D eigenvalue weighted by molar-refractivity contribution is 0.586. The lowest BCUT2D eigenvalue weighted by atomic mass is 9.96. The van der Waals surface area contributed by atoms with Crippen molar-refractivity contribution in [3.63, 3.8) is 0 Å². The third-order valence-electron chi connectivity index (χ3n) is 3.96. The number of halogens is 1. The second-order valence-corrected chi connectivity index (χ2v) is 7.91. The summed E-state index contributed by atoms with van der Waals surface area (Å²) in [6.07, 6.45) is 3.12. The van der Waals surface area contributed by atoms with Crippen molar-refractivity contribution in [2.24, 2.45) is 4.99 Å². The molecule has 0 bridgehead atoms. The van der Waals surface area contributed by atoms with Crippen LogP contribution >= 0.6 is 0 Å². The van der Waals surface area contributed by atoms with Gasteiger partial charge in [0.25, 0.3) is 0 Å². The fourth-order valence-electron chi connectivity index (χ4n) is 2.50. The Balaban J connectivity index is 1.93. The lowest BCUT2D eigenvalue weighted by Gasteiger charge is -2.16. The fourth-order valence-corrected chi connectivity index (χ4v) is 2.97. The maximum atomic E-state index is 13.4. The van der Waals surface area contributed by atoms with Crippen LogP contribution in [0.5, 0.6) is 0 Å². The summed E-state index contributed by atoms with van der Waals surface area (Å²) in [7, 11) is -3.19. The summed E-state index contributed by atoms with van der Waals surface area (Å²) >= 11 is 0. The van der Waals surface area contributed by atoms with Gasteiger partial charge in [0, 0.05) is 25.0 Å². The van der Waals surface area contributed by atoms with Crippen LogP contribution in [0.4, 0.5) is 4.39 Å². The molecule has 0 saturated heterocycles. The maximum Gasteiger partial charge on any atom is 0.208 e. The van der Waals surface area contributed by atoms with Crippen molar-refractivity contribution >= 4 is 16.0 Å². The topological polar surface area (TPSA) is 82.6 Å². The Morgan fingerprint density at radius 2 is 2.04 bits per heavy atom. The number of hydrogen-bond donors (Lipinski definition) is 3. The van der Waals surface area contributed by atoms with Crippen LogP contribution in [0.15, 0.2) is 29.3 Å². The average Bonchev–Trinajstić information content (AvgIpc) is 3.29. The van der Waals surface area contributed by atoms with Crippen molar-refractivity contribution < 1.29 is 12.8 Å². The molecule has 6 nitrogen and oxygen atoms in total. The normalized spacial score (nSPS) is 16.7. The first-order valence-electron chi connectivity index (χ1n) is 8.07. The van der Waals surface area contributed by atoms with Crippen molar-refractivity contribution in [3.05, 3.63) is 35.6 Å². The van der Waals surface area contributed by atoms with Crippen LogP contribution in [-0.2, 0) is 15.4 Å². The van der Waals surface area contributed by atoms with Gasteiger partial charge in [-0.1, -0.05) is 12.1 Å². The van der Waals surface area contributed by atoms with E-state index in [-0.39, 0.29) is 17.8 Å². The smallest absolute Gasteiger partial charge is 0.208 e. The number of hydrogen-bond acceptors (Lipinski definition) is 3. The van der Waals surface area contributed by atoms with Gasteiger partial charge in [0.2, 0.25) is 10.0 Å². The molecule has 1 aliphatic rings. The van der Waals surface area contributed by atoms with Crippen LogP contribution in [-0.4, -0.2) is 46.8 Å². The van der Waals surface area contributed by atoms with E-state index in [4.69, 9.17) is 0 Å². The minimum absolute atomic E-state index is 0.0739. The van der Waals surface area contributed by atoms with Gasteiger partial charge in [0.05, 0.1) is 12.8 Å². The molecular formula is C16H25FN4O2S. The molecule has 24 heavy (non-hydrogen) atoms. The molecule has 3 N–H and O–H groups in total. The molecule has 0 heterocycles. The molecule has 1 aromatic carbocycles. The van der Waals surface area contributed by atoms with Crippen LogP contribution in [0.1, 0.15) is 25.3 Å². The number of sulfonamides is 1.